The van der Waals surface area contributed by atoms with Gasteiger partial charge in [0.15, 0.2) is 0 Å². The van der Waals surface area contributed by atoms with E-state index in [1.165, 1.54) is 4.70 Å². The first-order chi connectivity index (χ1) is 7.75. The molecular formula is C13H15NOS. The Labute approximate surface area is 99.0 Å². The van der Waals surface area contributed by atoms with E-state index in [0.717, 1.165) is 42.6 Å². The fourth-order valence-corrected chi connectivity index (χ4v) is 3.59. The normalized spacial score (nSPS) is 19.3. The third-order valence-electron chi connectivity index (χ3n) is 3.35. The Balaban J connectivity index is 1.89. The number of hydrogen-bond acceptors (Lipinski definition) is 3. The van der Waals surface area contributed by atoms with E-state index >= 15 is 0 Å². The number of hydrogen-bond donors (Lipinski definition) is 1. The molecule has 16 heavy (non-hydrogen) atoms. The van der Waals surface area contributed by atoms with Crippen molar-refractivity contribution < 1.29 is 5.11 Å². The van der Waals surface area contributed by atoms with Crippen molar-refractivity contribution in [1.82, 2.24) is 4.98 Å². The molecule has 2 aromatic rings. The monoisotopic (exact) mass is 233 g/mol. The van der Waals surface area contributed by atoms with Gasteiger partial charge < -0.3 is 5.11 Å². The fraction of sp³-hybridized carbons (Fsp3) is 0.462. The lowest BCUT2D eigenvalue weighted by molar-refractivity contribution is 0.0482. The molecule has 0 saturated heterocycles. The number of nitrogens with zero attached hydrogens (tertiary/aromatic N) is 1. The second kappa shape index (κ2) is 3.82. The zero-order chi connectivity index (χ0) is 11.0. The predicted octanol–water partition coefficient (Wildman–Crippen LogP) is 3.14. The second-order valence-corrected chi connectivity index (χ2v) is 5.80. The standard InChI is InChI=1S/C13H15NOS/c15-13(7-3-4-8-13)9-12-14-10-5-1-2-6-11(10)16-12/h1-2,5-6,15H,3-4,7-9H2. The minimum atomic E-state index is -0.478. The molecule has 0 bridgehead atoms. The molecule has 1 aliphatic carbocycles. The van der Waals surface area contributed by atoms with Crippen molar-refractivity contribution in [3.8, 4) is 0 Å². The average Bonchev–Trinajstić information content (AvgIpc) is 2.84. The maximum Gasteiger partial charge on any atom is 0.0967 e. The van der Waals surface area contributed by atoms with Crippen molar-refractivity contribution in [1.29, 1.82) is 0 Å². The molecule has 0 radical (unpaired) electrons. The molecule has 84 valence electrons. The van der Waals surface area contributed by atoms with E-state index in [4.69, 9.17) is 0 Å². The predicted molar refractivity (Wildman–Crippen MR) is 66.7 cm³/mol. The molecule has 0 atom stereocenters. The Kier molecular flexibility index (Phi) is 2.45. The molecule has 2 nitrogen and oxygen atoms in total. The van der Waals surface area contributed by atoms with Gasteiger partial charge in [-0.3, -0.25) is 0 Å². The van der Waals surface area contributed by atoms with Gasteiger partial charge in [-0.2, -0.15) is 0 Å². The molecule has 3 heteroatoms. The van der Waals surface area contributed by atoms with Crippen molar-refractivity contribution in [2.45, 2.75) is 37.7 Å². The van der Waals surface area contributed by atoms with Gasteiger partial charge in [-0.15, -0.1) is 11.3 Å². The first kappa shape index (κ1) is 10.2. The smallest absolute Gasteiger partial charge is 0.0967 e. The van der Waals surface area contributed by atoms with Crippen LogP contribution in [-0.4, -0.2) is 15.7 Å². The number of aromatic nitrogens is 1. The summed E-state index contributed by atoms with van der Waals surface area (Å²) in [7, 11) is 0. The van der Waals surface area contributed by atoms with Gasteiger partial charge in [0.05, 0.1) is 20.8 Å². The highest BCUT2D eigenvalue weighted by atomic mass is 32.1. The Morgan fingerprint density at radius 1 is 1.25 bits per heavy atom. The van der Waals surface area contributed by atoms with Crippen LogP contribution in [0.5, 0.6) is 0 Å². The molecule has 3 rings (SSSR count). The molecule has 0 amide bonds. The van der Waals surface area contributed by atoms with Crippen LogP contribution >= 0.6 is 11.3 Å². The lowest BCUT2D eigenvalue weighted by Crippen LogP contribution is -2.26. The van der Waals surface area contributed by atoms with Crippen LogP contribution in [0.15, 0.2) is 24.3 Å². The summed E-state index contributed by atoms with van der Waals surface area (Å²) in [6.07, 6.45) is 4.90. The summed E-state index contributed by atoms with van der Waals surface area (Å²) in [5.41, 5.74) is 0.581. The first-order valence-corrected chi connectivity index (χ1v) is 6.64. The van der Waals surface area contributed by atoms with Gasteiger partial charge in [0.25, 0.3) is 0 Å². The van der Waals surface area contributed by atoms with E-state index in [0.29, 0.717) is 0 Å². The largest absolute Gasteiger partial charge is 0.389 e. The number of thiazole rings is 1. The molecule has 1 heterocycles. The first-order valence-electron chi connectivity index (χ1n) is 5.82. The molecular weight excluding hydrogens is 218 g/mol. The highest BCUT2D eigenvalue weighted by Crippen LogP contribution is 2.34. The van der Waals surface area contributed by atoms with Gasteiger partial charge in [0, 0.05) is 6.42 Å². The average molecular weight is 233 g/mol. The second-order valence-electron chi connectivity index (χ2n) is 4.68. The van der Waals surface area contributed by atoms with E-state index < -0.39 is 5.60 Å². The maximum absolute atomic E-state index is 10.3. The lowest BCUT2D eigenvalue weighted by Gasteiger charge is -2.19. The van der Waals surface area contributed by atoms with Crippen LogP contribution in [0.25, 0.3) is 10.2 Å². The molecule has 1 N–H and O–H groups in total. The molecule has 0 unspecified atom stereocenters. The third kappa shape index (κ3) is 1.85. The van der Waals surface area contributed by atoms with Crippen LogP contribution in [0.2, 0.25) is 0 Å². The van der Waals surface area contributed by atoms with Crippen molar-refractivity contribution >= 4 is 21.6 Å². The molecule has 1 saturated carbocycles. The highest BCUT2D eigenvalue weighted by Gasteiger charge is 2.32. The van der Waals surface area contributed by atoms with Crippen molar-refractivity contribution in [2.24, 2.45) is 0 Å². The highest BCUT2D eigenvalue weighted by molar-refractivity contribution is 7.18. The fourth-order valence-electron chi connectivity index (χ4n) is 2.49. The summed E-state index contributed by atoms with van der Waals surface area (Å²) < 4.78 is 1.22. The lowest BCUT2D eigenvalue weighted by atomic mass is 9.99. The van der Waals surface area contributed by atoms with Crippen LogP contribution in [0.1, 0.15) is 30.7 Å². The van der Waals surface area contributed by atoms with Crippen LogP contribution < -0.4 is 0 Å². The van der Waals surface area contributed by atoms with Gasteiger partial charge in [0.1, 0.15) is 0 Å². The maximum atomic E-state index is 10.3. The SMILES string of the molecule is OC1(Cc2nc3ccccc3s2)CCCC1. The van der Waals surface area contributed by atoms with E-state index in [9.17, 15) is 5.11 Å². The Morgan fingerprint density at radius 2 is 2.00 bits per heavy atom. The van der Waals surface area contributed by atoms with E-state index in [-0.39, 0.29) is 0 Å². The van der Waals surface area contributed by atoms with Crippen LogP contribution in [0, 0.1) is 0 Å². The zero-order valence-electron chi connectivity index (χ0n) is 9.15. The van der Waals surface area contributed by atoms with Crippen molar-refractivity contribution in [3.05, 3.63) is 29.3 Å². The molecule has 1 aromatic heterocycles. The summed E-state index contributed by atoms with van der Waals surface area (Å²) in [5, 5.41) is 11.4. The Morgan fingerprint density at radius 3 is 2.75 bits per heavy atom. The summed E-state index contributed by atoms with van der Waals surface area (Å²) in [4.78, 5) is 4.58. The topological polar surface area (TPSA) is 33.1 Å². The quantitative estimate of drug-likeness (QED) is 0.864. The van der Waals surface area contributed by atoms with Crippen LogP contribution in [0.3, 0.4) is 0 Å². The van der Waals surface area contributed by atoms with Crippen molar-refractivity contribution in [2.75, 3.05) is 0 Å². The molecule has 0 spiro atoms. The molecule has 0 aliphatic heterocycles. The number of fused-ring (bicyclic) bond motifs is 1. The molecule has 1 aliphatic rings. The van der Waals surface area contributed by atoms with Gasteiger partial charge in [-0.25, -0.2) is 4.98 Å². The summed E-state index contributed by atoms with van der Waals surface area (Å²) in [6, 6.07) is 8.17. The third-order valence-corrected chi connectivity index (χ3v) is 4.39. The van der Waals surface area contributed by atoms with Gasteiger partial charge in [-0.05, 0) is 25.0 Å². The van der Waals surface area contributed by atoms with Gasteiger partial charge in [0.2, 0.25) is 0 Å². The minimum Gasteiger partial charge on any atom is -0.389 e. The van der Waals surface area contributed by atoms with E-state index in [2.05, 4.69) is 11.1 Å². The van der Waals surface area contributed by atoms with Gasteiger partial charge in [-0.1, -0.05) is 25.0 Å². The Bertz CT molecular complexity index is 466. The van der Waals surface area contributed by atoms with Crippen molar-refractivity contribution in [3.63, 3.8) is 0 Å². The van der Waals surface area contributed by atoms with Gasteiger partial charge >= 0.3 is 0 Å². The zero-order valence-corrected chi connectivity index (χ0v) is 9.96. The van der Waals surface area contributed by atoms with E-state index in [1.807, 2.05) is 18.2 Å². The number of aliphatic hydroxyl groups is 1. The molecule has 1 aromatic carbocycles. The molecule has 1 fully saturated rings. The Hall–Kier alpha value is -0.930. The summed E-state index contributed by atoms with van der Waals surface area (Å²) in [6.45, 7) is 0. The minimum absolute atomic E-state index is 0.478. The summed E-state index contributed by atoms with van der Waals surface area (Å²) in [5.74, 6) is 0. The van der Waals surface area contributed by atoms with Crippen LogP contribution in [0.4, 0.5) is 0 Å². The number of benzene rings is 1. The number of rotatable bonds is 2. The van der Waals surface area contributed by atoms with E-state index in [1.54, 1.807) is 11.3 Å². The summed E-state index contributed by atoms with van der Waals surface area (Å²) >= 11 is 1.71. The van der Waals surface area contributed by atoms with Crippen LogP contribution in [-0.2, 0) is 6.42 Å². The number of para-hydroxylation sites is 1.